The van der Waals surface area contributed by atoms with Gasteiger partial charge in [0.2, 0.25) is 23.7 Å². The number of anilines is 3. The van der Waals surface area contributed by atoms with E-state index in [1.807, 2.05) is 0 Å². The number of fused-ring (bicyclic) bond motifs is 2. The molecule has 0 radical (unpaired) electrons. The van der Waals surface area contributed by atoms with Crippen LogP contribution in [0.4, 0.5) is 35.1 Å². The molecule has 386 valence electrons. The number of methoxy groups -OCH3 is 2. The molecule has 0 spiro atoms. The number of halogens is 4. The summed E-state index contributed by atoms with van der Waals surface area (Å²) in [5.74, 6) is -0.575. The van der Waals surface area contributed by atoms with Crippen LogP contribution in [0.25, 0.3) is 22.5 Å². The van der Waals surface area contributed by atoms with E-state index in [0.29, 0.717) is 50.9 Å². The van der Waals surface area contributed by atoms with Crippen LogP contribution >= 0.6 is 0 Å². The minimum atomic E-state index is -1.76. The summed E-state index contributed by atoms with van der Waals surface area (Å²) in [7, 11) is 2.86. The molecule has 25 heteroatoms. The molecule has 0 saturated carbocycles. The molecule has 73 heavy (non-hydrogen) atoms. The SMILES string of the molecule is COc1cccc(-c2cc(F)ccc2[C@@H]2N=C(NOCCC(O)CO)c3c(C)nc(N)nc3C2F)n1.COc1nc(-c2cc(F)ccc2[C@@H]2N=C(NOCCC(O)CO)c3c(C)nc(N)nc3C2F)ccc1N. The third kappa shape index (κ3) is 12.2. The predicted molar refractivity (Wildman–Crippen MR) is 259 cm³/mol. The number of benzene rings is 2. The number of nitrogens with one attached hydrogen (secondary N) is 2. The molecule has 12 N–H and O–H groups in total. The molecule has 6 atom stereocenters. The van der Waals surface area contributed by atoms with Crippen LogP contribution < -0.4 is 37.6 Å². The zero-order valence-corrected chi connectivity index (χ0v) is 39.8. The molecule has 6 heterocycles. The Morgan fingerprint density at radius 1 is 0.616 bits per heavy atom. The second-order valence-electron chi connectivity index (χ2n) is 16.5. The number of hydroxylamine groups is 2. The van der Waals surface area contributed by atoms with Crippen LogP contribution in [0.2, 0.25) is 0 Å². The highest BCUT2D eigenvalue weighted by atomic mass is 19.1. The van der Waals surface area contributed by atoms with Gasteiger partial charge in [-0.15, -0.1) is 0 Å². The molecule has 4 aromatic heterocycles. The van der Waals surface area contributed by atoms with Gasteiger partial charge >= 0.3 is 0 Å². The van der Waals surface area contributed by atoms with Crippen molar-refractivity contribution in [3.63, 3.8) is 0 Å². The van der Waals surface area contributed by atoms with Gasteiger partial charge < -0.3 is 47.1 Å². The highest BCUT2D eigenvalue weighted by molar-refractivity contribution is 6.02. The molecular weight excluding hydrogens is 963 g/mol. The first-order chi connectivity index (χ1) is 35.0. The van der Waals surface area contributed by atoms with Crippen molar-refractivity contribution in [2.24, 2.45) is 9.98 Å². The minimum absolute atomic E-state index is 0.00960. The molecule has 21 nitrogen and oxygen atoms in total. The van der Waals surface area contributed by atoms with Crippen LogP contribution in [0.15, 0.2) is 76.7 Å². The summed E-state index contributed by atoms with van der Waals surface area (Å²) >= 11 is 0. The number of hydrogen-bond acceptors (Lipinski definition) is 21. The fourth-order valence-electron chi connectivity index (χ4n) is 7.94. The standard InChI is InChI=1S/C24H27F2N7O4.C24H26F2N6O4/c1-11-18-21(32-24(28)29-11)19(26)20(31-22(18)33-37-8-7-13(35)10-34)14-4-3-12(25)9-15(14)17-6-5-16(27)23(30-17)36-2;1-12-19-22(31-24(27)28-12)20(26)21(30-23(19)32-36-9-8-14(34)11-33)15-7-6-13(25)10-16(15)17-4-3-5-18(29-17)35-2/h3-6,9,13,19-20,34-35H,7-8,10,27H2,1-2H3,(H,31,33)(H2,28,29,32);3-7,10,14,20-21,33-34H,8-9,11H2,1-2H3,(H,30,32)(H2,27,28,31)/t13?,19?,20-;14?,20?,21-/m00/s1. The molecule has 0 amide bonds. The van der Waals surface area contributed by atoms with E-state index < -0.39 is 61.5 Å². The maximum Gasteiger partial charge on any atom is 0.237 e. The van der Waals surface area contributed by atoms with E-state index in [-0.39, 0.29) is 83.7 Å². The van der Waals surface area contributed by atoms with Crippen molar-refractivity contribution in [1.29, 1.82) is 0 Å². The van der Waals surface area contributed by atoms with Gasteiger partial charge in [-0.05, 0) is 67.4 Å². The number of aliphatic imine (C=N–C) groups is 2. The summed E-state index contributed by atoms with van der Waals surface area (Å²) in [6.45, 7) is 2.50. The molecule has 0 saturated heterocycles. The predicted octanol–water partition coefficient (Wildman–Crippen LogP) is 4.29. The maximum absolute atomic E-state index is 16.1. The Balaban J connectivity index is 0.000000214. The summed E-state index contributed by atoms with van der Waals surface area (Å²) in [4.78, 5) is 45.1. The van der Waals surface area contributed by atoms with E-state index in [1.165, 1.54) is 50.6 Å². The molecule has 2 aliphatic rings. The number of amidine groups is 2. The van der Waals surface area contributed by atoms with Gasteiger partial charge in [0, 0.05) is 30.0 Å². The number of ether oxygens (including phenoxy) is 2. The summed E-state index contributed by atoms with van der Waals surface area (Å²) in [5, 5.41) is 37.0. The van der Waals surface area contributed by atoms with Crippen LogP contribution in [-0.2, 0) is 9.68 Å². The number of nitrogens with two attached hydrogens (primary N) is 3. The summed E-state index contributed by atoms with van der Waals surface area (Å²) in [6.07, 6.45) is -5.11. The molecule has 0 bridgehead atoms. The number of nitrogens with zero attached hydrogens (tertiary/aromatic N) is 8. The highest BCUT2D eigenvalue weighted by Gasteiger charge is 2.39. The quantitative estimate of drug-likeness (QED) is 0.0371. The lowest BCUT2D eigenvalue weighted by atomic mass is 9.90. The van der Waals surface area contributed by atoms with Crippen molar-refractivity contribution in [2.75, 3.05) is 57.8 Å². The van der Waals surface area contributed by atoms with Gasteiger partial charge in [0.1, 0.15) is 23.7 Å². The third-order valence-corrected chi connectivity index (χ3v) is 11.5. The summed E-state index contributed by atoms with van der Waals surface area (Å²) < 4.78 is 71.1. The first-order valence-corrected chi connectivity index (χ1v) is 22.5. The average Bonchev–Trinajstić information content (AvgIpc) is 3.38. The smallest absolute Gasteiger partial charge is 0.237 e. The van der Waals surface area contributed by atoms with Crippen LogP contribution in [0.5, 0.6) is 11.8 Å². The number of rotatable bonds is 16. The van der Waals surface area contributed by atoms with E-state index in [0.717, 1.165) is 0 Å². The number of nitrogen functional groups attached to an aromatic ring is 3. The van der Waals surface area contributed by atoms with E-state index in [9.17, 15) is 19.0 Å². The number of aliphatic hydroxyl groups excluding tert-OH is 4. The first-order valence-electron chi connectivity index (χ1n) is 22.5. The minimum Gasteiger partial charge on any atom is -0.481 e. The maximum atomic E-state index is 16.1. The van der Waals surface area contributed by atoms with Crippen molar-refractivity contribution >= 4 is 29.3 Å². The Morgan fingerprint density at radius 3 is 1.55 bits per heavy atom. The lowest BCUT2D eigenvalue weighted by molar-refractivity contribution is 0.0284. The van der Waals surface area contributed by atoms with Crippen molar-refractivity contribution < 1.29 is 57.1 Å². The molecule has 6 aromatic rings. The van der Waals surface area contributed by atoms with Crippen LogP contribution in [0.1, 0.15) is 82.3 Å². The highest BCUT2D eigenvalue weighted by Crippen LogP contribution is 2.46. The van der Waals surface area contributed by atoms with E-state index in [2.05, 4.69) is 50.8 Å². The monoisotopic (exact) mass is 1020 g/mol. The van der Waals surface area contributed by atoms with E-state index in [1.54, 1.807) is 44.2 Å². The summed E-state index contributed by atoms with van der Waals surface area (Å²) in [5.41, 5.74) is 26.5. The van der Waals surface area contributed by atoms with Crippen molar-refractivity contribution in [1.82, 2.24) is 40.9 Å². The van der Waals surface area contributed by atoms with Crippen molar-refractivity contribution in [3.8, 4) is 34.3 Å². The zero-order valence-electron chi connectivity index (χ0n) is 39.8. The molecule has 2 aliphatic heterocycles. The van der Waals surface area contributed by atoms with Gasteiger partial charge in [-0.3, -0.25) is 19.7 Å². The van der Waals surface area contributed by atoms with Crippen molar-refractivity contribution in [3.05, 3.63) is 123 Å². The Morgan fingerprint density at radius 2 is 1.10 bits per heavy atom. The van der Waals surface area contributed by atoms with Crippen LogP contribution in [0.3, 0.4) is 0 Å². The van der Waals surface area contributed by atoms with Crippen LogP contribution in [0, 0.1) is 25.5 Å². The second kappa shape index (κ2) is 23.7. The lowest BCUT2D eigenvalue weighted by Gasteiger charge is -2.28. The fourth-order valence-corrected chi connectivity index (χ4v) is 7.94. The second-order valence-corrected chi connectivity index (χ2v) is 16.5. The first kappa shape index (κ1) is 53.1. The normalized spacial score (nSPS) is 17.7. The van der Waals surface area contributed by atoms with E-state index in [4.69, 9.17) is 46.6 Å². The van der Waals surface area contributed by atoms with Crippen LogP contribution in [-0.4, -0.2) is 115 Å². The number of aromatic nitrogens is 6. The van der Waals surface area contributed by atoms with Gasteiger partial charge in [-0.25, -0.2) is 58.4 Å². The lowest BCUT2D eigenvalue weighted by Crippen LogP contribution is -2.34. The Hall–Kier alpha value is -7.68. The fraction of sp³-hybridized carbons (Fsp3) is 0.333. The Kier molecular flexibility index (Phi) is 17.2. The largest absolute Gasteiger partial charge is 0.481 e. The number of pyridine rings is 2. The molecule has 2 aromatic carbocycles. The molecule has 0 fully saturated rings. The zero-order chi connectivity index (χ0) is 52.5. The van der Waals surface area contributed by atoms with Gasteiger partial charge in [-0.1, -0.05) is 18.2 Å². The van der Waals surface area contributed by atoms with Gasteiger partial charge in [-0.2, -0.15) is 0 Å². The van der Waals surface area contributed by atoms with Gasteiger partial charge in [0.25, 0.3) is 0 Å². The molecular formula is C48H53F4N13O8. The Labute approximate surface area is 415 Å². The van der Waals surface area contributed by atoms with Gasteiger partial charge in [0.15, 0.2) is 24.0 Å². The molecule has 8 rings (SSSR count). The summed E-state index contributed by atoms with van der Waals surface area (Å²) in [6, 6.07) is 13.6. The molecule has 0 aliphatic carbocycles. The number of aryl methyl sites for hydroxylation is 2. The topological polar surface area (TPSA) is 322 Å². The van der Waals surface area contributed by atoms with Gasteiger partial charge in [0.05, 0.1) is 104 Å². The van der Waals surface area contributed by atoms with E-state index >= 15 is 8.78 Å². The number of aliphatic hydroxyl groups is 4. The van der Waals surface area contributed by atoms with Crippen molar-refractivity contribution in [2.45, 2.75) is 63.3 Å². The number of hydrogen-bond donors (Lipinski definition) is 9. The Bertz CT molecular complexity index is 2990. The number of alkyl halides is 2. The molecule has 4 unspecified atom stereocenters. The third-order valence-electron chi connectivity index (χ3n) is 11.5. The average molecular weight is 1020 g/mol.